The molecule has 0 unspecified atom stereocenters. The largest absolute Gasteiger partial charge is 0.326 e. The van der Waals surface area contributed by atoms with E-state index in [0.29, 0.717) is 10.7 Å². The van der Waals surface area contributed by atoms with Gasteiger partial charge in [-0.25, -0.2) is 4.79 Å². The molecular formula is C18H11Cl4N3O2. The monoisotopic (exact) mass is 441 g/mol. The van der Waals surface area contributed by atoms with Crippen LogP contribution in [0.25, 0.3) is 5.69 Å². The Hall–Kier alpha value is -2.18. The lowest BCUT2D eigenvalue weighted by Gasteiger charge is -2.13. The van der Waals surface area contributed by atoms with Gasteiger partial charge in [-0.3, -0.25) is 10.1 Å². The number of carbonyl (C=O) groups is 2. The van der Waals surface area contributed by atoms with Gasteiger partial charge in [0.05, 0.1) is 37.0 Å². The predicted molar refractivity (Wildman–Crippen MR) is 109 cm³/mol. The zero-order chi connectivity index (χ0) is 19.6. The molecule has 0 atom stereocenters. The molecule has 3 aromatic rings. The summed E-state index contributed by atoms with van der Waals surface area (Å²) in [6, 6.07) is 10.6. The average molecular weight is 443 g/mol. The van der Waals surface area contributed by atoms with Gasteiger partial charge in [-0.2, -0.15) is 0 Å². The van der Waals surface area contributed by atoms with Crippen LogP contribution in [0.2, 0.25) is 20.1 Å². The van der Waals surface area contributed by atoms with Crippen molar-refractivity contribution in [1.82, 2.24) is 9.88 Å². The minimum Gasteiger partial charge on any atom is -0.322 e. The van der Waals surface area contributed by atoms with E-state index < -0.39 is 11.9 Å². The summed E-state index contributed by atoms with van der Waals surface area (Å²) >= 11 is 24.4. The van der Waals surface area contributed by atoms with Crippen LogP contribution in [0.4, 0.5) is 10.5 Å². The molecule has 0 spiro atoms. The third-order valence-corrected chi connectivity index (χ3v) is 4.83. The van der Waals surface area contributed by atoms with Crippen LogP contribution in [0, 0.1) is 0 Å². The van der Waals surface area contributed by atoms with Crippen LogP contribution in [0.1, 0.15) is 10.4 Å². The Labute approximate surface area is 174 Å². The van der Waals surface area contributed by atoms with E-state index in [4.69, 9.17) is 46.4 Å². The minimum atomic E-state index is -0.803. The summed E-state index contributed by atoms with van der Waals surface area (Å²) in [5.74, 6) is -0.741. The summed E-state index contributed by atoms with van der Waals surface area (Å²) in [6.45, 7) is 0. The summed E-state index contributed by atoms with van der Waals surface area (Å²) in [7, 11) is 0. The van der Waals surface area contributed by atoms with Crippen molar-refractivity contribution in [3.63, 3.8) is 0 Å². The molecule has 0 aliphatic carbocycles. The number of urea groups is 1. The lowest BCUT2D eigenvalue weighted by atomic mass is 10.2. The van der Waals surface area contributed by atoms with E-state index >= 15 is 0 Å². The van der Waals surface area contributed by atoms with Crippen LogP contribution in [0.15, 0.2) is 54.9 Å². The SMILES string of the molecule is O=C(NC(=O)c1c(Cl)cccc1Cl)Nc1cc(Cl)c(-n2cccc2)cc1Cl. The number of nitrogens with one attached hydrogen (secondary N) is 2. The van der Waals surface area contributed by atoms with Crippen LogP contribution in [0.5, 0.6) is 0 Å². The molecule has 2 aromatic carbocycles. The van der Waals surface area contributed by atoms with Crippen molar-refractivity contribution in [2.45, 2.75) is 0 Å². The lowest BCUT2D eigenvalue weighted by molar-refractivity contribution is 0.0967. The molecular weight excluding hydrogens is 432 g/mol. The van der Waals surface area contributed by atoms with Crippen molar-refractivity contribution in [1.29, 1.82) is 0 Å². The summed E-state index contributed by atoms with van der Waals surface area (Å²) in [4.78, 5) is 24.4. The van der Waals surface area contributed by atoms with E-state index in [1.807, 2.05) is 24.5 Å². The molecule has 27 heavy (non-hydrogen) atoms. The highest BCUT2D eigenvalue weighted by Gasteiger charge is 2.18. The lowest BCUT2D eigenvalue weighted by Crippen LogP contribution is -2.34. The highest BCUT2D eigenvalue weighted by Crippen LogP contribution is 2.31. The maximum atomic E-state index is 12.2. The van der Waals surface area contributed by atoms with Crippen LogP contribution in [-0.4, -0.2) is 16.5 Å². The fraction of sp³-hybridized carbons (Fsp3) is 0. The number of halogens is 4. The number of hydrogen-bond donors (Lipinski definition) is 2. The molecule has 0 fully saturated rings. The van der Waals surface area contributed by atoms with Crippen LogP contribution < -0.4 is 10.6 Å². The first-order valence-electron chi connectivity index (χ1n) is 7.55. The number of hydrogen-bond acceptors (Lipinski definition) is 2. The molecule has 3 rings (SSSR count). The van der Waals surface area contributed by atoms with Crippen molar-refractivity contribution in [3.05, 3.63) is 80.5 Å². The van der Waals surface area contributed by atoms with E-state index in [1.165, 1.54) is 18.2 Å². The number of anilines is 1. The first-order chi connectivity index (χ1) is 12.9. The molecule has 0 radical (unpaired) electrons. The molecule has 3 amide bonds. The first-order valence-corrected chi connectivity index (χ1v) is 9.06. The molecule has 0 aliphatic rings. The highest BCUT2D eigenvalue weighted by atomic mass is 35.5. The van der Waals surface area contributed by atoms with Gasteiger partial charge in [-0.15, -0.1) is 0 Å². The molecule has 5 nitrogen and oxygen atoms in total. The molecule has 138 valence electrons. The normalized spacial score (nSPS) is 10.5. The Bertz CT molecular complexity index is 999. The van der Waals surface area contributed by atoms with E-state index in [2.05, 4.69) is 10.6 Å². The van der Waals surface area contributed by atoms with Gasteiger partial charge in [-0.05, 0) is 36.4 Å². The van der Waals surface area contributed by atoms with Crippen molar-refractivity contribution < 1.29 is 9.59 Å². The van der Waals surface area contributed by atoms with E-state index in [0.717, 1.165) is 0 Å². The smallest absolute Gasteiger partial charge is 0.322 e. The Morgan fingerprint density at radius 2 is 1.44 bits per heavy atom. The molecule has 0 bridgehead atoms. The van der Waals surface area contributed by atoms with Crippen molar-refractivity contribution in [2.75, 3.05) is 5.32 Å². The van der Waals surface area contributed by atoms with Gasteiger partial charge < -0.3 is 9.88 Å². The number of aromatic nitrogens is 1. The third-order valence-electron chi connectivity index (χ3n) is 3.58. The second-order valence-electron chi connectivity index (χ2n) is 5.38. The topological polar surface area (TPSA) is 63.1 Å². The van der Waals surface area contributed by atoms with Crippen molar-refractivity contribution in [3.8, 4) is 5.69 Å². The van der Waals surface area contributed by atoms with Crippen LogP contribution in [0.3, 0.4) is 0 Å². The molecule has 1 heterocycles. The van der Waals surface area contributed by atoms with Gasteiger partial charge >= 0.3 is 6.03 Å². The third kappa shape index (κ3) is 4.39. The highest BCUT2D eigenvalue weighted by molar-refractivity contribution is 6.40. The van der Waals surface area contributed by atoms with E-state index in [-0.39, 0.29) is 26.3 Å². The summed E-state index contributed by atoms with van der Waals surface area (Å²) in [6.07, 6.45) is 3.62. The second-order valence-corrected chi connectivity index (χ2v) is 7.01. The Morgan fingerprint density at radius 1 is 0.815 bits per heavy atom. The zero-order valence-corrected chi connectivity index (χ0v) is 16.5. The number of imide groups is 1. The summed E-state index contributed by atoms with van der Waals surface area (Å²) in [5, 5.41) is 5.51. The number of nitrogens with zero attached hydrogens (tertiary/aromatic N) is 1. The Kier molecular flexibility index (Phi) is 5.97. The predicted octanol–water partition coefficient (Wildman–Crippen LogP) is 6.05. The number of carbonyl (C=O) groups excluding carboxylic acids is 2. The van der Waals surface area contributed by atoms with Crippen LogP contribution in [-0.2, 0) is 0 Å². The summed E-state index contributed by atoms with van der Waals surface area (Å²) in [5.41, 5.74) is 0.896. The molecule has 0 saturated carbocycles. The van der Waals surface area contributed by atoms with Gasteiger partial charge in [-0.1, -0.05) is 52.5 Å². The Balaban J connectivity index is 1.76. The molecule has 0 saturated heterocycles. The number of rotatable bonds is 3. The standard InChI is InChI=1S/C18H11Cl4N3O2/c19-10-4-3-5-11(20)16(10)17(26)24-18(27)23-14-8-13(22)15(9-12(14)21)25-6-1-2-7-25/h1-9H,(H2,23,24,26,27). The molecule has 1 aromatic heterocycles. The van der Waals surface area contributed by atoms with E-state index in [9.17, 15) is 9.59 Å². The zero-order valence-electron chi connectivity index (χ0n) is 13.5. The second kappa shape index (κ2) is 8.23. The van der Waals surface area contributed by atoms with Gasteiger partial charge in [0, 0.05) is 12.4 Å². The minimum absolute atomic E-state index is 0.00284. The van der Waals surface area contributed by atoms with Gasteiger partial charge in [0.15, 0.2) is 0 Å². The number of benzene rings is 2. The Morgan fingerprint density at radius 3 is 2.07 bits per heavy atom. The van der Waals surface area contributed by atoms with Crippen molar-refractivity contribution >= 4 is 64.0 Å². The van der Waals surface area contributed by atoms with E-state index in [1.54, 1.807) is 16.7 Å². The molecule has 9 heteroatoms. The van der Waals surface area contributed by atoms with Gasteiger partial charge in [0.25, 0.3) is 5.91 Å². The molecule has 0 aliphatic heterocycles. The fourth-order valence-electron chi connectivity index (χ4n) is 2.36. The van der Waals surface area contributed by atoms with Gasteiger partial charge in [0.1, 0.15) is 0 Å². The fourth-order valence-corrected chi connectivity index (χ4v) is 3.39. The average Bonchev–Trinajstić information content (AvgIpc) is 3.11. The maximum Gasteiger partial charge on any atom is 0.326 e. The first kappa shape index (κ1) is 19.6. The molecule has 2 N–H and O–H groups in total. The van der Waals surface area contributed by atoms with Crippen LogP contribution >= 0.6 is 46.4 Å². The van der Waals surface area contributed by atoms with Crippen molar-refractivity contribution in [2.24, 2.45) is 0 Å². The number of amides is 3. The maximum absolute atomic E-state index is 12.2. The quantitative estimate of drug-likeness (QED) is 0.518. The summed E-state index contributed by atoms with van der Waals surface area (Å²) < 4.78 is 1.78. The van der Waals surface area contributed by atoms with Gasteiger partial charge in [0.2, 0.25) is 0 Å².